The lowest BCUT2D eigenvalue weighted by Crippen LogP contribution is -2.44. The van der Waals surface area contributed by atoms with Crippen molar-refractivity contribution in [1.82, 2.24) is 10.2 Å². The van der Waals surface area contributed by atoms with E-state index in [2.05, 4.69) is 31.3 Å². The fourth-order valence-corrected chi connectivity index (χ4v) is 3.74. The predicted octanol–water partition coefficient (Wildman–Crippen LogP) is 2.83. The van der Waals surface area contributed by atoms with Crippen LogP contribution in [0.25, 0.3) is 0 Å². The monoisotopic (exact) mass is 322 g/mol. The third-order valence-corrected chi connectivity index (χ3v) is 5.48. The van der Waals surface area contributed by atoms with Crippen LogP contribution in [-0.4, -0.2) is 47.5 Å². The number of hydrogen-bond acceptors (Lipinski definition) is 3. The Balaban J connectivity index is 1.81. The second-order valence-corrected chi connectivity index (χ2v) is 7.10. The summed E-state index contributed by atoms with van der Waals surface area (Å²) in [7, 11) is 0. The van der Waals surface area contributed by atoms with Gasteiger partial charge in [-0.2, -0.15) is 0 Å². The molecule has 2 amide bonds. The highest BCUT2D eigenvalue weighted by Gasteiger charge is 2.32. The van der Waals surface area contributed by atoms with E-state index >= 15 is 0 Å². The summed E-state index contributed by atoms with van der Waals surface area (Å²) < 4.78 is 0. The quantitative estimate of drug-likeness (QED) is 0.792. The number of likely N-dealkylation sites (tertiary alicyclic amines) is 1. The Hall–Kier alpha value is -1.20. The largest absolute Gasteiger partial charge is 0.396 e. The average molecular weight is 322 g/mol. The van der Waals surface area contributed by atoms with Gasteiger partial charge in [0.2, 0.25) is 0 Å². The second-order valence-electron chi connectivity index (χ2n) is 6.00. The number of aliphatic hydroxyl groups excluding tert-OH is 1. The van der Waals surface area contributed by atoms with Gasteiger partial charge in [-0.25, -0.2) is 4.79 Å². The van der Waals surface area contributed by atoms with E-state index in [4.69, 9.17) is 0 Å². The van der Waals surface area contributed by atoms with E-state index in [-0.39, 0.29) is 24.6 Å². The number of benzene rings is 1. The Morgan fingerprint density at radius 2 is 2.14 bits per heavy atom. The number of carbonyl (C=O) groups excluding carboxylic acids is 1. The van der Waals surface area contributed by atoms with Crippen LogP contribution >= 0.6 is 11.8 Å². The molecule has 0 spiro atoms. The van der Waals surface area contributed by atoms with E-state index in [0.29, 0.717) is 12.5 Å². The van der Waals surface area contributed by atoms with Crippen LogP contribution < -0.4 is 5.32 Å². The molecular formula is C17H26N2O2S. The smallest absolute Gasteiger partial charge is 0.317 e. The van der Waals surface area contributed by atoms with E-state index in [1.165, 1.54) is 4.90 Å². The van der Waals surface area contributed by atoms with Gasteiger partial charge in [0, 0.05) is 42.3 Å². The SMILES string of the molecule is CCC(CSc1ccccc1)NC(=O)N1C[C@@H](CO)[C@H](C)C1. The zero-order valence-corrected chi connectivity index (χ0v) is 14.2. The summed E-state index contributed by atoms with van der Waals surface area (Å²) in [6.45, 7) is 5.74. The third-order valence-electron chi connectivity index (χ3n) is 4.30. The van der Waals surface area contributed by atoms with Crippen LogP contribution in [0.2, 0.25) is 0 Å². The van der Waals surface area contributed by atoms with Crippen molar-refractivity contribution < 1.29 is 9.90 Å². The molecule has 3 atom stereocenters. The lowest BCUT2D eigenvalue weighted by molar-refractivity contribution is 0.193. The summed E-state index contributed by atoms with van der Waals surface area (Å²) in [4.78, 5) is 15.4. The van der Waals surface area contributed by atoms with Crippen molar-refractivity contribution in [2.24, 2.45) is 11.8 Å². The van der Waals surface area contributed by atoms with E-state index < -0.39 is 0 Å². The molecule has 1 aromatic rings. The summed E-state index contributed by atoms with van der Waals surface area (Å²) in [5, 5.41) is 12.4. The molecule has 1 aliphatic rings. The first-order valence-corrected chi connectivity index (χ1v) is 8.96. The van der Waals surface area contributed by atoms with Gasteiger partial charge < -0.3 is 15.3 Å². The number of thioether (sulfide) groups is 1. The van der Waals surface area contributed by atoms with Crippen molar-refractivity contribution in [3.05, 3.63) is 30.3 Å². The number of rotatable bonds is 6. The number of hydrogen-bond donors (Lipinski definition) is 2. The molecule has 4 nitrogen and oxygen atoms in total. The summed E-state index contributed by atoms with van der Waals surface area (Å²) in [5.74, 6) is 1.46. The van der Waals surface area contributed by atoms with Crippen molar-refractivity contribution in [3.8, 4) is 0 Å². The predicted molar refractivity (Wildman–Crippen MR) is 91.1 cm³/mol. The van der Waals surface area contributed by atoms with Crippen LogP contribution in [0, 0.1) is 11.8 Å². The first-order chi connectivity index (χ1) is 10.6. The molecule has 0 aromatic heterocycles. The Bertz CT molecular complexity index is 469. The molecule has 1 aliphatic heterocycles. The first-order valence-electron chi connectivity index (χ1n) is 7.98. The first kappa shape index (κ1) is 17.2. The van der Waals surface area contributed by atoms with Gasteiger partial charge in [0.15, 0.2) is 0 Å². The Morgan fingerprint density at radius 3 is 2.73 bits per heavy atom. The highest BCUT2D eigenvalue weighted by atomic mass is 32.2. The molecule has 1 fully saturated rings. The average Bonchev–Trinajstić information content (AvgIpc) is 2.93. The van der Waals surface area contributed by atoms with Gasteiger partial charge in [0.1, 0.15) is 0 Å². The van der Waals surface area contributed by atoms with Crippen molar-refractivity contribution >= 4 is 17.8 Å². The molecule has 0 radical (unpaired) electrons. The van der Waals surface area contributed by atoms with Crippen LogP contribution in [0.1, 0.15) is 20.3 Å². The number of carbonyl (C=O) groups is 1. The van der Waals surface area contributed by atoms with Crippen LogP contribution in [0.4, 0.5) is 4.79 Å². The Morgan fingerprint density at radius 1 is 1.41 bits per heavy atom. The summed E-state index contributed by atoms with van der Waals surface area (Å²) in [6, 6.07) is 10.4. The second kappa shape index (κ2) is 8.44. The Labute approximate surface area is 137 Å². The maximum Gasteiger partial charge on any atom is 0.317 e. The van der Waals surface area contributed by atoms with E-state index in [1.807, 2.05) is 23.1 Å². The lowest BCUT2D eigenvalue weighted by Gasteiger charge is -2.22. The normalized spacial score (nSPS) is 22.6. The van der Waals surface area contributed by atoms with Crippen molar-refractivity contribution in [2.75, 3.05) is 25.4 Å². The van der Waals surface area contributed by atoms with E-state index in [0.717, 1.165) is 18.7 Å². The molecule has 0 saturated carbocycles. The highest BCUT2D eigenvalue weighted by Crippen LogP contribution is 2.23. The summed E-state index contributed by atoms with van der Waals surface area (Å²) in [5.41, 5.74) is 0. The molecule has 22 heavy (non-hydrogen) atoms. The standard InChI is InChI=1S/C17H26N2O2S/c1-3-15(12-22-16-7-5-4-6-8-16)18-17(21)19-9-13(2)14(10-19)11-20/h4-8,13-15,20H,3,9-12H2,1-2H3,(H,18,21)/t13-,14+,15?/m1/s1. The fourth-order valence-electron chi connectivity index (χ4n) is 2.68. The molecule has 5 heteroatoms. The van der Waals surface area contributed by atoms with Crippen molar-refractivity contribution in [2.45, 2.75) is 31.2 Å². The third kappa shape index (κ3) is 4.65. The molecule has 2 N–H and O–H groups in total. The van der Waals surface area contributed by atoms with Crippen LogP contribution in [0.15, 0.2) is 35.2 Å². The topological polar surface area (TPSA) is 52.6 Å². The van der Waals surface area contributed by atoms with Crippen LogP contribution in [0.3, 0.4) is 0 Å². The molecule has 1 saturated heterocycles. The minimum atomic E-state index is 0.00307. The van der Waals surface area contributed by atoms with Crippen LogP contribution in [-0.2, 0) is 0 Å². The lowest BCUT2D eigenvalue weighted by atomic mass is 10.00. The number of nitrogens with zero attached hydrogens (tertiary/aromatic N) is 1. The molecular weight excluding hydrogens is 296 g/mol. The van der Waals surface area contributed by atoms with Gasteiger partial charge in [-0.15, -0.1) is 11.8 Å². The molecule has 1 unspecified atom stereocenters. The van der Waals surface area contributed by atoms with E-state index in [1.54, 1.807) is 11.8 Å². The van der Waals surface area contributed by atoms with E-state index in [9.17, 15) is 9.90 Å². The molecule has 122 valence electrons. The number of aliphatic hydroxyl groups is 1. The minimum absolute atomic E-state index is 0.00307. The Kier molecular flexibility index (Phi) is 6.58. The maximum absolute atomic E-state index is 12.4. The van der Waals surface area contributed by atoms with Gasteiger partial charge in [0.05, 0.1) is 0 Å². The van der Waals surface area contributed by atoms with Gasteiger partial charge in [-0.05, 0) is 24.5 Å². The summed E-state index contributed by atoms with van der Waals surface area (Å²) >= 11 is 1.77. The van der Waals surface area contributed by atoms with Crippen molar-refractivity contribution in [1.29, 1.82) is 0 Å². The highest BCUT2D eigenvalue weighted by molar-refractivity contribution is 7.99. The molecule has 0 aliphatic carbocycles. The molecule has 1 aromatic carbocycles. The van der Waals surface area contributed by atoms with Crippen LogP contribution in [0.5, 0.6) is 0 Å². The zero-order chi connectivity index (χ0) is 15.9. The molecule has 1 heterocycles. The fraction of sp³-hybridized carbons (Fsp3) is 0.588. The molecule has 2 rings (SSSR count). The number of urea groups is 1. The zero-order valence-electron chi connectivity index (χ0n) is 13.4. The summed E-state index contributed by atoms with van der Waals surface area (Å²) in [6.07, 6.45) is 0.915. The molecule has 0 bridgehead atoms. The number of amides is 2. The van der Waals surface area contributed by atoms with Gasteiger partial charge in [-0.3, -0.25) is 0 Å². The maximum atomic E-state index is 12.4. The number of nitrogens with one attached hydrogen (secondary N) is 1. The van der Waals surface area contributed by atoms with Gasteiger partial charge in [-0.1, -0.05) is 32.0 Å². The van der Waals surface area contributed by atoms with Crippen molar-refractivity contribution in [3.63, 3.8) is 0 Å². The minimum Gasteiger partial charge on any atom is -0.396 e. The van der Waals surface area contributed by atoms with Gasteiger partial charge in [0.25, 0.3) is 0 Å². The van der Waals surface area contributed by atoms with Gasteiger partial charge >= 0.3 is 6.03 Å².